The summed E-state index contributed by atoms with van der Waals surface area (Å²) < 4.78 is 0. The number of nitrogens with zero attached hydrogens (tertiary/aromatic N) is 4. The Bertz CT molecular complexity index is 1180. The van der Waals surface area contributed by atoms with Crippen LogP contribution in [0.15, 0.2) is 54.6 Å². The molecule has 1 N–H and O–H groups in total. The fourth-order valence-corrected chi connectivity index (χ4v) is 5.40. The summed E-state index contributed by atoms with van der Waals surface area (Å²) in [6.07, 6.45) is 6.74. The van der Waals surface area contributed by atoms with Crippen molar-refractivity contribution in [2.45, 2.75) is 58.4 Å². The molecule has 3 aromatic rings. The number of benzene rings is 2. The summed E-state index contributed by atoms with van der Waals surface area (Å²) in [6.45, 7) is 7.13. The zero-order chi connectivity index (χ0) is 24.9. The van der Waals surface area contributed by atoms with E-state index in [0.29, 0.717) is 19.1 Å². The van der Waals surface area contributed by atoms with Crippen LogP contribution in [0.3, 0.4) is 0 Å². The number of hydrogen-bond donors (Lipinski definition) is 1. The molecule has 1 aliphatic heterocycles. The van der Waals surface area contributed by atoms with E-state index in [-0.39, 0.29) is 6.03 Å². The van der Waals surface area contributed by atoms with Crippen molar-refractivity contribution in [3.8, 4) is 11.4 Å². The number of amides is 2. The summed E-state index contributed by atoms with van der Waals surface area (Å²) in [5.41, 5.74) is 5.66. The molecule has 0 atom stereocenters. The number of nitrogens with one attached hydrogen (secondary N) is 1. The van der Waals surface area contributed by atoms with E-state index in [0.717, 1.165) is 60.8 Å². The van der Waals surface area contributed by atoms with Gasteiger partial charge in [0.05, 0.1) is 0 Å². The largest absolute Gasteiger partial charge is 0.353 e. The molecule has 0 spiro atoms. The minimum atomic E-state index is 0.0883. The highest BCUT2D eigenvalue weighted by atomic mass is 16.2. The van der Waals surface area contributed by atoms with Gasteiger partial charge in [-0.3, -0.25) is 0 Å². The average molecular weight is 484 g/mol. The molecular weight excluding hydrogens is 446 g/mol. The lowest BCUT2D eigenvalue weighted by Crippen LogP contribution is -2.54. The minimum Gasteiger partial charge on any atom is -0.353 e. The Morgan fingerprint density at radius 1 is 0.917 bits per heavy atom. The first kappa shape index (κ1) is 24.3. The zero-order valence-corrected chi connectivity index (χ0v) is 21.5. The molecule has 2 fully saturated rings. The van der Waals surface area contributed by atoms with Crippen LogP contribution in [0.2, 0.25) is 0 Å². The number of aryl methyl sites for hydroxylation is 2. The quantitative estimate of drug-likeness (QED) is 0.519. The highest BCUT2D eigenvalue weighted by Gasteiger charge is 2.27. The van der Waals surface area contributed by atoms with Crippen LogP contribution in [0.25, 0.3) is 11.4 Å². The van der Waals surface area contributed by atoms with E-state index in [1.807, 2.05) is 11.0 Å². The molecule has 1 saturated carbocycles. The van der Waals surface area contributed by atoms with Gasteiger partial charge in [0.1, 0.15) is 5.82 Å². The third-order valence-corrected chi connectivity index (χ3v) is 7.49. The lowest BCUT2D eigenvalue weighted by molar-refractivity contribution is 0.186. The lowest BCUT2D eigenvalue weighted by atomic mass is 9.96. The van der Waals surface area contributed by atoms with Crippen molar-refractivity contribution < 1.29 is 4.79 Å². The van der Waals surface area contributed by atoms with E-state index in [1.54, 1.807) is 0 Å². The first-order chi connectivity index (χ1) is 17.6. The van der Waals surface area contributed by atoms with Crippen LogP contribution >= 0.6 is 0 Å². The summed E-state index contributed by atoms with van der Waals surface area (Å²) in [5, 5.41) is 3.28. The number of piperazine rings is 1. The van der Waals surface area contributed by atoms with Crippen LogP contribution < -0.4 is 10.2 Å². The van der Waals surface area contributed by atoms with E-state index in [9.17, 15) is 4.79 Å². The van der Waals surface area contributed by atoms with Crippen molar-refractivity contribution in [3.05, 3.63) is 77.0 Å². The van der Waals surface area contributed by atoms with Crippen molar-refractivity contribution in [2.75, 3.05) is 31.1 Å². The molecular formula is C30H37N5O. The van der Waals surface area contributed by atoms with E-state index in [1.165, 1.54) is 30.4 Å². The molecule has 6 nitrogen and oxygen atoms in total. The average Bonchev–Trinajstić information content (AvgIpc) is 2.91. The number of rotatable bonds is 5. The van der Waals surface area contributed by atoms with Crippen molar-refractivity contribution in [1.29, 1.82) is 0 Å². The third-order valence-electron chi connectivity index (χ3n) is 7.49. The molecule has 2 heterocycles. The van der Waals surface area contributed by atoms with Crippen LogP contribution in [0.4, 0.5) is 10.6 Å². The fraction of sp³-hybridized carbons (Fsp3) is 0.433. The second-order valence-corrected chi connectivity index (χ2v) is 10.2. The van der Waals surface area contributed by atoms with Gasteiger partial charge in [-0.15, -0.1) is 0 Å². The topological polar surface area (TPSA) is 61.4 Å². The molecule has 1 aromatic heterocycles. The van der Waals surface area contributed by atoms with Gasteiger partial charge in [-0.1, -0.05) is 73.4 Å². The Morgan fingerprint density at radius 2 is 1.67 bits per heavy atom. The van der Waals surface area contributed by atoms with Crippen molar-refractivity contribution in [3.63, 3.8) is 0 Å². The number of aromatic nitrogens is 2. The molecule has 0 unspecified atom stereocenters. The van der Waals surface area contributed by atoms with Gasteiger partial charge in [-0.05, 0) is 38.3 Å². The van der Waals surface area contributed by atoms with Crippen LogP contribution in [0.1, 0.15) is 54.5 Å². The molecule has 0 radical (unpaired) electrons. The second kappa shape index (κ2) is 11.1. The van der Waals surface area contributed by atoms with Gasteiger partial charge in [-0.25, -0.2) is 14.8 Å². The monoisotopic (exact) mass is 483 g/mol. The van der Waals surface area contributed by atoms with Gasteiger partial charge in [0.25, 0.3) is 0 Å². The minimum absolute atomic E-state index is 0.0883. The number of urea groups is 1. The third kappa shape index (κ3) is 5.69. The second-order valence-electron chi connectivity index (χ2n) is 10.2. The van der Waals surface area contributed by atoms with Gasteiger partial charge >= 0.3 is 6.03 Å². The number of hydrogen-bond acceptors (Lipinski definition) is 4. The predicted molar refractivity (Wildman–Crippen MR) is 145 cm³/mol. The zero-order valence-electron chi connectivity index (χ0n) is 21.5. The molecule has 1 saturated heterocycles. The number of carbonyl (C=O) groups is 1. The normalized spacial score (nSPS) is 16.7. The van der Waals surface area contributed by atoms with Gasteiger partial charge < -0.3 is 15.1 Å². The Kier molecular flexibility index (Phi) is 7.49. The van der Waals surface area contributed by atoms with Gasteiger partial charge in [0, 0.05) is 55.5 Å². The summed E-state index contributed by atoms with van der Waals surface area (Å²) in [4.78, 5) is 27.3. The molecule has 188 valence electrons. The van der Waals surface area contributed by atoms with Crippen LogP contribution in [0, 0.1) is 13.8 Å². The van der Waals surface area contributed by atoms with Crippen LogP contribution in [0.5, 0.6) is 0 Å². The Balaban J connectivity index is 1.38. The molecule has 2 amide bonds. The maximum atomic E-state index is 12.9. The molecule has 6 heteroatoms. The first-order valence-corrected chi connectivity index (χ1v) is 13.4. The summed E-state index contributed by atoms with van der Waals surface area (Å²) in [6, 6.07) is 19.3. The first-order valence-electron chi connectivity index (χ1n) is 13.4. The lowest BCUT2D eigenvalue weighted by Gasteiger charge is -2.37. The predicted octanol–water partition coefficient (Wildman–Crippen LogP) is 5.52. The van der Waals surface area contributed by atoms with Gasteiger partial charge in [0.2, 0.25) is 0 Å². The maximum absolute atomic E-state index is 12.9. The molecule has 2 aromatic carbocycles. The Morgan fingerprint density at radius 3 is 2.39 bits per heavy atom. The van der Waals surface area contributed by atoms with Crippen molar-refractivity contribution in [2.24, 2.45) is 0 Å². The van der Waals surface area contributed by atoms with E-state index in [4.69, 9.17) is 9.97 Å². The molecule has 36 heavy (non-hydrogen) atoms. The fourth-order valence-electron chi connectivity index (χ4n) is 5.40. The van der Waals surface area contributed by atoms with E-state index >= 15 is 0 Å². The SMILES string of the molecule is Cc1cccc(-c2nc(C)c(Cc3ccccc3)c(N3CCN(C(=O)NC4CCCCC4)CC3)n2)c1. The molecule has 1 aliphatic carbocycles. The summed E-state index contributed by atoms with van der Waals surface area (Å²) in [7, 11) is 0. The smallest absolute Gasteiger partial charge is 0.317 e. The van der Waals surface area contributed by atoms with Crippen LogP contribution in [-0.2, 0) is 6.42 Å². The van der Waals surface area contributed by atoms with Crippen LogP contribution in [-0.4, -0.2) is 53.1 Å². The van der Waals surface area contributed by atoms with Gasteiger partial charge in [0.15, 0.2) is 5.82 Å². The molecule has 5 rings (SSSR count). The highest BCUT2D eigenvalue weighted by Crippen LogP contribution is 2.29. The number of anilines is 1. The Labute approximate surface area is 214 Å². The highest BCUT2D eigenvalue weighted by molar-refractivity contribution is 5.75. The summed E-state index contributed by atoms with van der Waals surface area (Å²) in [5.74, 6) is 1.76. The number of carbonyl (C=O) groups excluding carboxylic acids is 1. The maximum Gasteiger partial charge on any atom is 0.317 e. The summed E-state index contributed by atoms with van der Waals surface area (Å²) >= 11 is 0. The van der Waals surface area contributed by atoms with Crippen molar-refractivity contribution >= 4 is 11.8 Å². The van der Waals surface area contributed by atoms with Gasteiger partial charge in [-0.2, -0.15) is 0 Å². The Hall–Kier alpha value is -3.41. The van der Waals surface area contributed by atoms with E-state index < -0.39 is 0 Å². The molecule has 0 bridgehead atoms. The molecule has 2 aliphatic rings. The standard InChI is InChI=1S/C30H37N5O/c1-22-10-9-13-25(20-22)28-31-23(2)27(21-24-11-5-3-6-12-24)29(33-28)34-16-18-35(19-17-34)30(36)32-26-14-7-4-8-15-26/h3,5-6,9-13,20,26H,4,7-8,14-19,21H2,1-2H3,(H,32,36). The van der Waals surface area contributed by atoms with E-state index in [2.05, 4.69) is 72.6 Å². The van der Waals surface area contributed by atoms with Crippen molar-refractivity contribution in [1.82, 2.24) is 20.2 Å².